The van der Waals surface area contributed by atoms with Crippen LogP contribution in [-0.2, 0) is 6.54 Å². The van der Waals surface area contributed by atoms with Crippen LogP contribution in [0.15, 0.2) is 48.5 Å². The van der Waals surface area contributed by atoms with Crippen molar-refractivity contribution in [2.75, 3.05) is 14.2 Å². The Morgan fingerprint density at radius 3 is 2.46 bits per heavy atom. The standard InChI is InChI=1S/C19H18F2N2O3/c1-23(11-12-3-6-14(7-4-12)26-19(20)21)18(24)17-9-13-5-8-15(25-2)10-16(13)22-17/h3-10,19,22H,11H2,1-2H3. The van der Waals surface area contributed by atoms with E-state index in [1.807, 2.05) is 18.2 Å². The minimum Gasteiger partial charge on any atom is -0.497 e. The highest BCUT2D eigenvalue weighted by atomic mass is 19.3. The van der Waals surface area contributed by atoms with Gasteiger partial charge in [-0.3, -0.25) is 4.79 Å². The maximum atomic E-state index is 12.6. The first-order valence-corrected chi connectivity index (χ1v) is 7.92. The predicted octanol–water partition coefficient (Wildman–Crippen LogP) is 4.05. The maximum absolute atomic E-state index is 12.6. The van der Waals surface area contributed by atoms with Crippen molar-refractivity contribution in [1.29, 1.82) is 0 Å². The summed E-state index contributed by atoms with van der Waals surface area (Å²) in [5, 5.41) is 0.913. The van der Waals surface area contributed by atoms with Crippen LogP contribution >= 0.6 is 0 Å². The van der Waals surface area contributed by atoms with Crippen molar-refractivity contribution >= 4 is 16.8 Å². The molecule has 7 heteroatoms. The van der Waals surface area contributed by atoms with E-state index < -0.39 is 6.61 Å². The van der Waals surface area contributed by atoms with Crippen LogP contribution in [-0.4, -0.2) is 36.6 Å². The van der Waals surface area contributed by atoms with E-state index in [0.717, 1.165) is 16.5 Å². The van der Waals surface area contributed by atoms with Gasteiger partial charge in [0, 0.05) is 30.6 Å². The fourth-order valence-corrected chi connectivity index (χ4v) is 2.68. The molecule has 0 bridgehead atoms. The van der Waals surface area contributed by atoms with E-state index >= 15 is 0 Å². The van der Waals surface area contributed by atoms with E-state index in [0.29, 0.717) is 18.0 Å². The summed E-state index contributed by atoms with van der Waals surface area (Å²) in [7, 11) is 3.26. The number of aromatic nitrogens is 1. The van der Waals surface area contributed by atoms with E-state index in [4.69, 9.17) is 4.74 Å². The SMILES string of the molecule is COc1ccc2cc(C(=O)N(C)Cc3ccc(OC(F)F)cc3)[nH]c2c1. The van der Waals surface area contributed by atoms with Gasteiger partial charge in [0.2, 0.25) is 0 Å². The van der Waals surface area contributed by atoms with Crippen LogP contribution in [0.25, 0.3) is 10.9 Å². The molecule has 0 aliphatic rings. The number of halogens is 2. The summed E-state index contributed by atoms with van der Waals surface area (Å²) in [6, 6.07) is 13.5. The highest BCUT2D eigenvalue weighted by Crippen LogP contribution is 2.22. The Bertz CT molecular complexity index is 907. The fourth-order valence-electron chi connectivity index (χ4n) is 2.68. The Kier molecular flexibility index (Phi) is 5.06. The zero-order chi connectivity index (χ0) is 18.7. The second-order valence-corrected chi connectivity index (χ2v) is 5.82. The molecule has 0 atom stereocenters. The third-order valence-electron chi connectivity index (χ3n) is 3.98. The molecule has 136 valence electrons. The van der Waals surface area contributed by atoms with Gasteiger partial charge in [-0.2, -0.15) is 8.78 Å². The molecule has 0 aliphatic carbocycles. The molecule has 26 heavy (non-hydrogen) atoms. The lowest BCUT2D eigenvalue weighted by Gasteiger charge is -2.16. The molecule has 3 rings (SSSR count). The van der Waals surface area contributed by atoms with Gasteiger partial charge in [-0.05, 0) is 35.9 Å². The number of rotatable bonds is 6. The number of alkyl halides is 2. The first kappa shape index (κ1) is 17.7. The lowest BCUT2D eigenvalue weighted by atomic mass is 10.2. The lowest BCUT2D eigenvalue weighted by Crippen LogP contribution is -2.26. The summed E-state index contributed by atoms with van der Waals surface area (Å²) >= 11 is 0. The molecule has 0 spiro atoms. The second kappa shape index (κ2) is 7.43. The molecule has 0 saturated carbocycles. The number of H-pyrrole nitrogens is 1. The average Bonchev–Trinajstić information content (AvgIpc) is 3.05. The molecule has 0 radical (unpaired) electrons. The number of hydrogen-bond acceptors (Lipinski definition) is 3. The van der Waals surface area contributed by atoms with Gasteiger partial charge in [0.05, 0.1) is 7.11 Å². The summed E-state index contributed by atoms with van der Waals surface area (Å²) < 4.78 is 33.8. The number of nitrogens with one attached hydrogen (secondary N) is 1. The number of fused-ring (bicyclic) bond motifs is 1. The smallest absolute Gasteiger partial charge is 0.387 e. The Morgan fingerprint density at radius 2 is 1.81 bits per heavy atom. The zero-order valence-electron chi connectivity index (χ0n) is 14.3. The Balaban J connectivity index is 1.71. The lowest BCUT2D eigenvalue weighted by molar-refractivity contribution is -0.0498. The summed E-state index contributed by atoms with van der Waals surface area (Å²) in [6.07, 6.45) is 0. The number of methoxy groups -OCH3 is 1. The molecule has 0 fully saturated rings. The molecular formula is C19H18F2N2O3. The van der Waals surface area contributed by atoms with Crippen LogP contribution < -0.4 is 9.47 Å². The first-order chi connectivity index (χ1) is 12.5. The number of carbonyl (C=O) groups excluding carboxylic acids is 1. The number of benzene rings is 2. The number of nitrogens with zero attached hydrogens (tertiary/aromatic N) is 1. The number of aromatic amines is 1. The van der Waals surface area contributed by atoms with Gasteiger partial charge in [-0.1, -0.05) is 12.1 Å². The minimum atomic E-state index is -2.86. The number of hydrogen-bond donors (Lipinski definition) is 1. The van der Waals surface area contributed by atoms with Crippen molar-refractivity contribution in [3.8, 4) is 11.5 Å². The molecule has 1 amide bonds. The van der Waals surface area contributed by atoms with Crippen molar-refractivity contribution in [3.63, 3.8) is 0 Å². The van der Waals surface area contributed by atoms with E-state index in [9.17, 15) is 13.6 Å². The molecule has 0 unspecified atom stereocenters. The molecular weight excluding hydrogens is 342 g/mol. The highest BCUT2D eigenvalue weighted by Gasteiger charge is 2.15. The van der Waals surface area contributed by atoms with Crippen molar-refractivity contribution in [2.24, 2.45) is 0 Å². The summed E-state index contributed by atoms with van der Waals surface area (Å²) in [6.45, 7) is -2.52. The van der Waals surface area contributed by atoms with Gasteiger partial charge in [-0.15, -0.1) is 0 Å². The molecule has 0 saturated heterocycles. The molecule has 1 aromatic heterocycles. The number of amides is 1. The van der Waals surface area contributed by atoms with Crippen LogP contribution in [0.3, 0.4) is 0 Å². The monoisotopic (exact) mass is 360 g/mol. The third kappa shape index (κ3) is 3.93. The van der Waals surface area contributed by atoms with Crippen LogP contribution in [0.2, 0.25) is 0 Å². The molecule has 3 aromatic rings. The van der Waals surface area contributed by atoms with E-state index in [1.165, 1.54) is 12.1 Å². The molecule has 1 N–H and O–H groups in total. The normalized spacial score (nSPS) is 11.0. The van der Waals surface area contributed by atoms with Gasteiger partial charge in [0.25, 0.3) is 5.91 Å². The van der Waals surface area contributed by atoms with Crippen LogP contribution in [0, 0.1) is 0 Å². The minimum absolute atomic E-state index is 0.0855. The fraction of sp³-hybridized carbons (Fsp3) is 0.211. The highest BCUT2D eigenvalue weighted by molar-refractivity contribution is 5.98. The maximum Gasteiger partial charge on any atom is 0.387 e. The predicted molar refractivity (Wildman–Crippen MR) is 93.7 cm³/mol. The summed E-state index contributed by atoms with van der Waals surface area (Å²) in [5.74, 6) is 0.619. The van der Waals surface area contributed by atoms with Gasteiger partial charge in [-0.25, -0.2) is 0 Å². The van der Waals surface area contributed by atoms with Crippen molar-refractivity contribution in [2.45, 2.75) is 13.2 Å². The molecule has 5 nitrogen and oxygen atoms in total. The van der Waals surface area contributed by atoms with E-state index in [-0.39, 0.29) is 11.7 Å². The Labute approximate surface area is 149 Å². The molecule has 1 heterocycles. The summed E-state index contributed by atoms with van der Waals surface area (Å²) in [4.78, 5) is 17.3. The van der Waals surface area contributed by atoms with Crippen molar-refractivity contribution in [1.82, 2.24) is 9.88 Å². The van der Waals surface area contributed by atoms with E-state index in [2.05, 4.69) is 9.72 Å². The first-order valence-electron chi connectivity index (χ1n) is 7.92. The number of carbonyl (C=O) groups is 1. The van der Waals surface area contributed by atoms with Gasteiger partial charge in [0.15, 0.2) is 0 Å². The van der Waals surface area contributed by atoms with Crippen molar-refractivity contribution < 1.29 is 23.0 Å². The summed E-state index contributed by atoms with van der Waals surface area (Å²) in [5.41, 5.74) is 2.09. The van der Waals surface area contributed by atoms with Crippen LogP contribution in [0.1, 0.15) is 16.1 Å². The number of ether oxygens (including phenoxy) is 2. The quantitative estimate of drug-likeness (QED) is 0.722. The topological polar surface area (TPSA) is 54.6 Å². The zero-order valence-corrected chi connectivity index (χ0v) is 14.3. The largest absolute Gasteiger partial charge is 0.497 e. The van der Waals surface area contributed by atoms with Crippen molar-refractivity contribution in [3.05, 3.63) is 59.8 Å². The van der Waals surface area contributed by atoms with Gasteiger partial charge >= 0.3 is 6.61 Å². The molecule has 2 aromatic carbocycles. The Hall–Kier alpha value is -3.09. The third-order valence-corrected chi connectivity index (χ3v) is 3.98. The van der Waals surface area contributed by atoms with Gasteiger partial charge < -0.3 is 19.4 Å². The average molecular weight is 360 g/mol. The van der Waals surface area contributed by atoms with Crippen LogP contribution in [0.4, 0.5) is 8.78 Å². The molecule has 0 aliphatic heterocycles. The van der Waals surface area contributed by atoms with Crippen LogP contribution in [0.5, 0.6) is 11.5 Å². The van der Waals surface area contributed by atoms with E-state index in [1.54, 1.807) is 37.3 Å². The second-order valence-electron chi connectivity index (χ2n) is 5.82. The van der Waals surface area contributed by atoms with Gasteiger partial charge in [0.1, 0.15) is 17.2 Å². The Morgan fingerprint density at radius 1 is 1.12 bits per heavy atom.